The highest BCUT2D eigenvalue weighted by Crippen LogP contribution is 2.35. The van der Waals surface area contributed by atoms with Crippen LogP contribution in [0.1, 0.15) is 46.1 Å². The van der Waals surface area contributed by atoms with Gasteiger partial charge in [0.05, 0.1) is 17.2 Å². The van der Waals surface area contributed by atoms with E-state index in [2.05, 4.69) is 10.0 Å². The third kappa shape index (κ3) is 6.04. The summed E-state index contributed by atoms with van der Waals surface area (Å²) in [5.74, 6) is -0.212. The van der Waals surface area contributed by atoms with Gasteiger partial charge in [-0.1, -0.05) is 23.2 Å². The normalized spacial score (nSPS) is 14.7. The maximum absolute atomic E-state index is 13.7. The quantitative estimate of drug-likeness (QED) is 0.212. The summed E-state index contributed by atoms with van der Waals surface area (Å²) in [5.41, 5.74) is 4.08. The Morgan fingerprint density at radius 2 is 1.74 bits per heavy atom. The van der Waals surface area contributed by atoms with Crippen LogP contribution >= 0.6 is 23.2 Å². The molecule has 0 radical (unpaired) electrons. The number of aryl methyl sites for hydroxylation is 5. The van der Waals surface area contributed by atoms with E-state index < -0.39 is 22.0 Å². The van der Waals surface area contributed by atoms with Gasteiger partial charge < -0.3 is 19.4 Å². The third-order valence-corrected chi connectivity index (χ3v) is 9.73. The molecule has 5 rings (SSSR count). The number of hydrogen-bond acceptors (Lipinski definition) is 6. The van der Waals surface area contributed by atoms with Crippen molar-refractivity contribution in [3.8, 4) is 11.5 Å². The third-order valence-electron chi connectivity index (χ3n) is 7.42. The van der Waals surface area contributed by atoms with Crippen LogP contribution in [0.3, 0.4) is 0 Å². The van der Waals surface area contributed by atoms with Crippen molar-refractivity contribution in [1.29, 1.82) is 0 Å². The Bertz CT molecular complexity index is 1880. The number of amides is 2. The summed E-state index contributed by atoms with van der Waals surface area (Å²) in [7, 11) is -4.32. The van der Waals surface area contributed by atoms with Crippen LogP contribution in [0.25, 0.3) is 10.9 Å². The van der Waals surface area contributed by atoms with Crippen molar-refractivity contribution in [3.05, 3.63) is 80.5 Å². The molecule has 12 heteroatoms. The molecule has 1 unspecified atom stereocenters. The summed E-state index contributed by atoms with van der Waals surface area (Å²) in [6.07, 6.45) is -0.257. The molecule has 0 fully saturated rings. The summed E-state index contributed by atoms with van der Waals surface area (Å²) < 4.78 is 42.6. The number of hydrogen-bond donors (Lipinski definition) is 2. The monoisotopic (exact) mass is 643 g/mol. The number of benzene rings is 3. The van der Waals surface area contributed by atoms with E-state index in [4.69, 9.17) is 32.7 Å². The zero-order valence-electron chi connectivity index (χ0n) is 24.3. The second kappa shape index (κ2) is 11.7. The van der Waals surface area contributed by atoms with Gasteiger partial charge in [0.15, 0.2) is 6.10 Å². The zero-order valence-corrected chi connectivity index (χ0v) is 26.6. The number of rotatable bonds is 8. The first-order valence-corrected chi connectivity index (χ1v) is 15.9. The molecule has 0 bridgehead atoms. The number of carbonyl (C=O) groups is 2. The van der Waals surface area contributed by atoms with Crippen LogP contribution in [0.4, 0.5) is 5.69 Å². The predicted molar refractivity (Wildman–Crippen MR) is 167 cm³/mol. The van der Waals surface area contributed by atoms with Crippen molar-refractivity contribution in [3.63, 3.8) is 0 Å². The van der Waals surface area contributed by atoms with Crippen molar-refractivity contribution in [2.75, 3.05) is 11.9 Å². The van der Waals surface area contributed by atoms with E-state index in [9.17, 15) is 18.0 Å². The minimum atomic E-state index is -4.32. The number of nitrogens with zero attached hydrogens (tertiary/aromatic N) is 1. The Morgan fingerprint density at radius 1 is 1.05 bits per heavy atom. The molecule has 4 aromatic rings. The van der Waals surface area contributed by atoms with E-state index in [1.54, 1.807) is 37.5 Å². The van der Waals surface area contributed by atoms with Gasteiger partial charge in [-0.25, -0.2) is 13.1 Å². The van der Waals surface area contributed by atoms with Crippen molar-refractivity contribution in [2.45, 2.75) is 58.6 Å². The van der Waals surface area contributed by atoms with Gasteiger partial charge >= 0.3 is 0 Å². The molecule has 0 saturated carbocycles. The predicted octanol–water partition coefficient (Wildman–Crippen LogP) is 6.49. The molecule has 0 spiro atoms. The van der Waals surface area contributed by atoms with Crippen molar-refractivity contribution in [2.24, 2.45) is 0 Å². The van der Waals surface area contributed by atoms with E-state index in [1.807, 2.05) is 32.0 Å². The highest BCUT2D eigenvalue weighted by Gasteiger charge is 2.30. The highest BCUT2D eigenvalue weighted by molar-refractivity contribution is 7.90. The average molecular weight is 645 g/mol. The molecule has 2 amide bonds. The van der Waals surface area contributed by atoms with Crippen LogP contribution < -0.4 is 19.5 Å². The fourth-order valence-electron chi connectivity index (χ4n) is 5.28. The molecule has 1 aliphatic heterocycles. The number of fused-ring (bicyclic) bond motifs is 2. The topological polar surface area (TPSA) is 116 Å². The first-order chi connectivity index (χ1) is 20.3. The Hall–Kier alpha value is -3.73. The second-order valence-electron chi connectivity index (χ2n) is 10.7. The summed E-state index contributed by atoms with van der Waals surface area (Å²) in [6.45, 7) is 9.46. The number of nitrogens with one attached hydrogen (secondary N) is 2. The van der Waals surface area contributed by atoms with Crippen LogP contribution in [0.5, 0.6) is 11.5 Å². The van der Waals surface area contributed by atoms with Crippen LogP contribution in [-0.2, 0) is 21.4 Å². The van der Waals surface area contributed by atoms with E-state index in [0.29, 0.717) is 52.2 Å². The molecule has 1 aromatic heterocycles. The van der Waals surface area contributed by atoms with Gasteiger partial charge in [-0.3, -0.25) is 9.59 Å². The van der Waals surface area contributed by atoms with Gasteiger partial charge in [0, 0.05) is 33.6 Å². The van der Waals surface area contributed by atoms with Crippen LogP contribution in [0.2, 0.25) is 10.0 Å². The number of aromatic nitrogens is 1. The number of ether oxygens (including phenoxy) is 2. The lowest BCUT2D eigenvalue weighted by molar-refractivity contribution is -0.122. The lowest BCUT2D eigenvalue weighted by atomic mass is 10.1. The minimum absolute atomic E-state index is 0.131. The second-order valence-corrected chi connectivity index (χ2v) is 13.1. The van der Waals surface area contributed by atoms with E-state index in [-0.39, 0.29) is 22.2 Å². The summed E-state index contributed by atoms with van der Waals surface area (Å²) in [4.78, 5) is 25.6. The molecular formula is C31H31Cl2N3O6S. The Balaban J connectivity index is 1.42. The van der Waals surface area contributed by atoms with E-state index in [0.717, 1.165) is 22.0 Å². The number of sulfonamides is 1. The lowest BCUT2D eigenvalue weighted by Crippen LogP contribution is -2.35. The Morgan fingerprint density at radius 3 is 2.44 bits per heavy atom. The summed E-state index contributed by atoms with van der Waals surface area (Å²) in [6, 6.07) is 11.9. The summed E-state index contributed by atoms with van der Waals surface area (Å²) in [5, 5.41) is 4.63. The molecule has 43 heavy (non-hydrogen) atoms. The van der Waals surface area contributed by atoms with Crippen molar-refractivity contribution < 1.29 is 27.5 Å². The fourth-order valence-corrected chi connectivity index (χ4v) is 6.76. The standard InChI is InChI=1S/C31H31Cl2N3O6S/c1-16-13-24-26(42-20(5)30(37)34-24)15-27(16)43(39,40)35-31(38)29-19(4)23-14-21(32)7-8-25(23)36(29)9-6-10-41-22-11-17(2)28(33)18(3)12-22/h7-8,11-15,20H,6,9-10H2,1-5H3,(H,34,37)(H,35,38). The zero-order chi connectivity index (χ0) is 31.2. The first kappa shape index (κ1) is 30.7. The molecular weight excluding hydrogens is 613 g/mol. The van der Waals surface area contributed by atoms with Gasteiger partial charge in [0.25, 0.3) is 21.8 Å². The number of halogens is 2. The average Bonchev–Trinajstić information content (AvgIpc) is 3.20. The highest BCUT2D eigenvalue weighted by atomic mass is 35.5. The van der Waals surface area contributed by atoms with Gasteiger partial charge in [-0.05, 0) is 99.7 Å². The van der Waals surface area contributed by atoms with Crippen molar-refractivity contribution in [1.82, 2.24) is 9.29 Å². The molecule has 1 atom stereocenters. The molecule has 0 saturated heterocycles. The minimum Gasteiger partial charge on any atom is -0.494 e. The Labute approximate surface area is 260 Å². The SMILES string of the molecule is Cc1cc2c(cc1S(=O)(=O)NC(=O)c1c(C)c3cc(Cl)ccc3n1CCCOc1cc(C)c(Cl)c(C)c1)OC(C)C(=O)N2. The maximum Gasteiger partial charge on any atom is 0.281 e. The molecule has 2 N–H and O–H groups in total. The number of anilines is 1. The molecule has 226 valence electrons. The van der Waals surface area contributed by atoms with E-state index in [1.165, 1.54) is 12.1 Å². The largest absolute Gasteiger partial charge is 0.494 e. The van der Waals surface area contributed by atoms with Gasteiger partial charge in [-0.15, -0.1) is 0 Å². The van der Waals surface area contributed by atoms with Crippen LogP contribution in [0.15, 0.2) is 47.4 Å². The fraction of sp³-hybridized carbons (Fsp3) is 0.290. The smallest absolute Gasteiger partial charge is 0.281 e. The van der Waals surface area contributed by atoms with E-state index >= 15 is 0 Å². The summed E-state index contributed by atoms with van der Waals surface area (Å²) >= 11 is 12.5. The molecule has 1 aliphatic rings. The van der Waals surface area contributed by atoms with Gasteiger partial charge in [0.2, 0.25) is 0 Å². The molecule has 9 nitrogen and oxygen atoms in total. The first-order valence-electron chi connectivity index (χ1n) is 13.6. The van der Waals surface area contributed by atoms with Gasteiger partial charge in [-0.2, -0.15) is 0 Å². The van der Waals surface area contributed by atoms with Crippen LogP contribution in [0, 0.1) is 27.7 Å². The van der Waals surface area contributed by atoms with Crippen molar-refractivity contribution >= 4 is 61.6 Å². The Kier molecular flexibility index (Phi) is 8.39. The van der Waals surface area contributed by atoms with Crippen LogP contribution in [-0.4, -0.2) is 37.5 Å². The van der Waals surface area contributed by atoms with Gasteiger partial charge in [0.1, 0.15) is 17.2 Å². The molecule has 3 aromatic carbocycles. The molecule has 2 heterocycles. The molecule has 0 aliphatic carbocycles. The number of carbonyl (C=O) groups excluding carboxylic acids is 2. The maximum atomic E-state index is 13.7. The lowest BCUT2D eigenvalue weighted by Gasteiger charge is -2.24.